The minimum Gasteiger partial charge on any atom is -0.339 e. The van der Waals surface area contributed by atoms with Gasteiger partial charge in [0, 0.05) is 6.54 Å². The number of fused-ring (bicyclic) bond motifs is 1. The first-order valence-corrected chi connectivity index (χ1v) is 4.10. The first-order chi connectivity index (χ1) is 6.24. The van der Waals surface area contributed by atoms with E-state index in [0.717, 1.165) is 0 Å². The number of nitrogens with one attached hydrogen (secondary N) is 2. The van der Waals surface area contributed by atoms with Crippen molar-refractivity contribution in [1.29, 1.82) is 0 Å². The monoisotopic (exact) mass is 181 g/mol. The molecule has 1 atom stereocenters. The van der Waals surface area contributed by atoms with Gasteiger partial charge in [0.1, 0.15) is 5.69 Å². The van der Waals surface area contributed by atoms with Crippen molar-refractivity contribution in [3.05, 3.63) is 12.0 Å². The number of nitrogens with two attached hydrogens (primary N) is 1. The van der Waals surface area contributed by atoms with Gasteiger partial charge in [-0.15, -0.1) is 0 Å². The number of carbonyl (C=O) groups is 1. The summed E-state index contributed by atoms with van der Waals surface area (Å²) in [6, 6.07) is 0. The summed E-state index contributed by atoms with van der Waals surface area (Å²) >= 11 is 0. The second-order valence-corrected chi connectivity index (χ2v) is 2.81. The third-order valence-electron chi connectivity index (χ3n) is 2.07. The van der Waals surface area contributed by atoms with E-state index in [9.17, 15) is 4.79 Å². The number of hydrogen-bond acceptors (Lipinski definition) is 4. The van der Waals surface area contributed by atoms with Crippen molar-refractivity contribution in [3.8, 4) is 0 Å². The largest absolute Gasteiger partial charge is 0.339 e. The van der Waals surface area contributed by atoms with Gasteiger partial charge < -0.3 is 15.2 Å². The summed E-state index contributed by atoms with van der Waals surface area (Å²) in [5.74, 6) is 0.420. The number of aromatic nitrogens is 2. The molecule has 0 radical (unpaired) electrons. The molecule has 4 N–H and O–H groups in total. The zero-order chi connectivity index (χ0) is 9.42. The van der Waals surface area contributed by atoms with Crippen molar-refractivity contribution >= 4 is 11.7 Å². The maximum Gasteiger partial charge on any atom is 0.274 e. The lowest BCUT2D eigenvalue weighted by Crippen LogP contribution is -2.58. The number of hydrogen-bond donors (Lipinski definition) is 3. The molecule has 0 aromatic carbocycles. The van der Waals surface area contributed by atoms with Gasteiger partial charge >= 0.3 is 0 Å². The van der Waals surface area contributed by atoms with E-state index in [1.54, 1.807) is 0 Å². The molecule has 0 saturated carbocycles. The first-order valence-electron chi connectivity index (χ1n) is 4.10. The summed E-state index contributed by atoms with van der Waals surface area (Å²) < 4.78 is 0. The Morgan fingerprint density at radius 3 is 3.23 bits per heavy atom. The van der Waals surface area contributed by atoms with Crippen LogP contribution in [0, 0.1) is 0 Å². The number of carbonyl (C=O) groups excluding carboxylic acids is 1. The quantitative estimate of drug-likeness (QED) is 0.530. The molecule has 0 bridgehead atoms. The van der Waals surface area contributed by atoms with E-state index < -0.39 is 6.29 Å². The molecule has 1 amide bonds. The number of rotatable bonds is 1. The van der Waals surface area contributed by atoms with Gasteiger partial charge in [-0.25, -0.2) is 4.98 Å². The zero-order valence-electron chi connectivity index (χ0n) is 7.24. The second kappa shape index (κ2) is 2.74. The smallest absolute Gasteiger partial charge is 0.274 e. The van der Waals surface area contributed by atoms with Crippen LogP contribution in [0.15, 0.2) is 6.33 Å². The minimum atomic E-state index is -0.478. The van der Waals surface area contributed by atoms with Crippen molar-refractivity contribution < 1.29 is 4.79 Å². The highest BCUT2D eigenvalue weighted by molar-refractivity contribution is 5.99. The average molecular weight is 181 g/mol. The number of amides is 1. The molecule has 0 saturated heterocycles. The molecular formula is C7H11N5O. The Balaban J connectivity index is 2.45. The maximum atomic E-state index is 11.3. The van der Waals surface area contributed by atoms with Gasteiger partial charge in [-0.05, 0) is 6.92 Å². The van der Waals surface area contributed by atoms with Crippen molar-refractivity contribution in [2.45, 2.75) is 13.2 Å². The normalized spacial score (nSPS) is 21.2. The molecule has 2 heterocycles. The van der Waals surface area contributed by atoms with Gasteiger partial charge in [0.25, 0.3) is 5.91 Å². The number of nitrogens with zero attached hydrogens (tertiary/aromatic N) is 2. The van der Waals surface area contributed by atoms with E-state index >= 15 is 0 Å². The highest BCUT2D eigenvalue weighted by Crippen LogP contribution is 2.19. The van der Waals surface area contributed by atoms with Crippen LogP contribution in [0.25, 0.3) is 0 Å². The van der Waals surface area contributed by atoms with Crippen LogP contribution < -0.4 is 16.0 Å². The Morgan fingerprint density at radius 1 is 1.77 bits per heavy atom. The van der Waals surface area contributed by atoms with Crippen LogP contribution >= 0.6 is 0 Å². The lowest BCUT2D eigenvalue weighted by atomic mass is 10.3. The van der Waals surface area contributed by atoms with E-state index in [1.807, 2.05) is 11.8 Å². The van der Waals surface area contributed by atoms with Gasteiger partial charge in [0.15, 0.2) is 12.1 Å². The molecule has 0 fully saturated rings. The van der Waals surface area contributed by atoms with Crippen LogP contribution in [-0.4, -0.2) is 28.7 Å². The number of imidazole rings is 1. The van der Waals surface area contributed by atoms with Crippen LogP contribution in [0.1, 0.15) is 17.4 Å². The molecule has 1 aliphatic rings. The molecule has 6 heteroatoms. The Labute approximate surface area is 75.1 Å². The van der Waals surface area contributed by atoms with Gasteiger partial charge in [-0.2, -0.15) is 0 Å². The van der Waals surface area contributed by atoms with E-state index in [2.05, 4.69) is 15.3 Å². The Kier molecular flexibility index (Phi) is 1.70. The van der Waals surface area contributed by atoms with E-state index in [1.165, 1.54) is 6.33 Å². The highest BCUT2D eigenvalue weighted by Gasteiger charge is 2.29. The molecule has 0 spiro atoms. The van der Waals surface area contributed by atoms with Crippen molar-refractivity contribution in [3.63, 3.8) is 0 Å². The average Bonchev–Trinajstić information content (AvgIpc) is 2.53. The fourth-order valence-corrected chi connectivity index (χ4v) is 1.43. The summed E-state index contributed by atoms with van der Waals surface area (Å²) in [6.07, 6.45) is 1.01. The number of aromatic amines is 1. The summed E-state index contributed by atoms with van der Waals surface area (Å²) in [5.41, 5.74) is 6.17. The Morgan fingerprint density at radius 2 is 2.54 bits per heavy atom. The molecular weight excluding hydrogens is 170 g/mol. The van der Waals surface area contributed by atoms with E-state index in [-0.39, 0.29) is 5.91 Å². The Bertz CT molecular complexity index is 333. The summed E-state index contributed by atoms with van der Waals surface area (Å²) in [6.45, 7) is 2.66. The number of H-pyrrole nitrogens is 1. The van der Waals surface area contributed by atoms with Crippen molar-refractivity contribution in [2.75, 3.05) is 11.4 Å². The van der Waals surface area contributed by atoms with Gasteiger partial charge in [-0.1, -0.05) is 0 Å². The molecule has 1 aliphatic heterocycles. The van der Waals surface area contributed by atoms with Crippen molar-refractivity contribution in [1.82, 2.24) is 15.3 Å². The fraction of sp³-hybridized carbons (Fsp3) is 0.429. The molecule has 1 aromatic heterocycles. The van der Waals surface area contributed by atoms with Crippen LogP contribution in [0.5, 0.6) is 0 Å². The van der Waals surface area contributed by atoms with Crippen LogP contribution in [0.2, 0.25) is 0 Å². The van der Waals surface area contributed by atoms with Crippen molar-refractivity contribution in [2.24, 2.45) is 5.73 Å². The molecule has 13 heavy (non-hydrogen) atoms. The molecule has 2 rings (SSSR count). The third kappa shape index (κ3) is 1.06. The predicted molar refractivity (Wildman–Crippen MR) is 47.0 cm³/mol. The zero-order valence-corrected chi connectivity index (χ0v) is 7.24. The summed E-state index contributed by atoms with van der Waals surface area (Å²) in [7, 11) is 0. The molecule has 1 aromatic rings. The first kappa shape index (κ1) is 8.06. The SMILES string of the molecule is CCN1c2nc[nH]c2C(=O)NC1N. The summed E-state index contributed by atoms with van der Waals surface area (Å²) in [5, 5.41) is 2.62. The predicted octanol–water partition coefficient (Wildman–Crippen LogP) is -0.778. The Hall–Kier alpha value is -1.56. The fourth-order valence-electron chi connectivity index (χ4n) is 1.43. The van der Waals surface area contributed by atoms with Crippen LogP contribution in [0.4, 0.5) is 5.82 Å². The maximum absolute atomic E-state index is 11.3. The van der Waals surface area contributed by atoms with Gasteiger partial charge in [0.2, 0.25) is 0 Å². The van der Waals surface area contributed by atoms with Crippen LogP contribution in [0.3, 0.4) is 0 Å². The van der Waals surface area contributed by atoms with Gasteiger partial charge in [0.05, 0.1) is 6.33 Å². The van der Waals surface area contributed by atoms with Gasteiger partial charge in [-0.3, -0.25) is 10.5 Å². The molecule has 70 valence electrons. The minimum absolute atomic E-state index is 0.204. The van der Waals surface area contributed by atoms with Crippen LogP contribution in [-0.2, 0) is 0 Å². The summed E-state index contributed by atoms with van der Waals surface area (Å²) in [4.78, 5) is 20.0. The topological polar surface area (TPSA) is 87.0 Å². The standard InChI is InChI=1S/C7H11N5O/c1-2-12-5-4(9-3-10-5)6(13)11-7(12)8/h3,7H,2,8H2,1H3,(H,9,10)(H,11,13). The van der Waals surface area contributed by atoms with E-state index in [0.29, 0.717) is 18.1 Å². The number of anilines is 1. The molecule has 6 nitrogen and oxygen atoms in total. The lowest BCUT2D eigenvalue weighted by Gasteiger charge is -2.32. The lowest BCUT2D eigenvalue weighted by molar-refractivity contribution is 0.0923. The highest BCUT2D eigenvalue weighted by atomic mass is 16.2. The third-order valence-corrected chi connectivity index (χ3v) is 2.07. The molecule has 1 unspecified atom stereocenters. The molecule has 0 aliphatic carbocycles. The van der Waals surface area contributed by atoms with E-state index in [4.69, 9.17) is 5.73 Å². The second-order valence-electron chi connectivity index (χ2n) is 2.81.